The lowest BCUT2D eigenvalue weighted by molar-refractivity contribution is 0.314. The molecule has 0 aliphatic rings. The van der Waals surface area contributed by atoms with Gasteiger partial charge in [-0.2, -0.15) is 0 Å². The number of nitrogens with two attached hydrogens (primary N) is 1. The molecule has 66 valence electrons. The molecule has 3 nitrogen and oxygen atoms in total. The maximum Gasteiger partial charge on any atom is 0.126 e. The zero-order chi connectivity index (χ0) is 8.81. The van der Waals surface area contributed by atoms with Crippen LogP contribution in [0.3, 0.4) is 0 Å². The van der Waals surface area contributed by atoms with Crippen LogP contribution in [0, 0.1) is 0 Å². The van der Waals surface area contributed by atoms with Crippen LogP contribution in [0.5, 0.6) is 5.75 Å². The van der Waals surface area contributed by atoms with Crippen LogP contribution in [0.15, 0.2) is 18.5 Å². The molecule has 0 spiro atoms. The molecule has 0 saturated heterocycles. The molecule has 1 aromatic heterocycles. The van der Waals surface area contributed by atoms with Gasteiger partial charge in [0.2, 0.25) is 0 Å². The van der Waals surface area contributed by atoms with Crippen molar-refractivity contribution >= 4 is 0 Å². The summed E-state index contributed by atoms with van der Waals surface area (Å²) < 4.78 is 5.46. The van der Waals surface area contributed by atoms with Crippen molar-refractivity contribution in [1.29, 1.82) is 0 Å². The van der Waals surface area contributed by atoms with E-state index in [1.54, 1.807) is 12.4 Å². The fourth-order valence-electron chi connectivity index (χ4n) is 0.921. The minimum Gasteiger partial charge on any atom is -0.493 e. The molecule has 0 aromatic carbocycles. The molecule has 0 bridgehead atoms. The predicted molar refractivity (Wildman–Crippen MR) is 47.9 cm³/mol. The van der Waals surface area contributed by atoms with Crippen LogP contribution in [0.4, 0.5) is 0 Å². The molecule has 0 fully saturated rings. The highest BCUT2D eigenvalue weighted by atomic mass is 16.5. The first kappa shape index (κ1) is 9.00. The molecular formula is C9H14N2O. The van der Waals surface area contributed by atoms with Crippen LogP contribution in [-0.4, -0.2) is 11.6 Å². The van der Waals surface area contributed by atoms with Crippen LogP contribution in [0.1, 0.15) is 18.9 Å². The number of rotatable bonds is 4. The second-order valence-corrected chi connectivity index (χ2v) is 2.54. The molecule has 1 aromatic rings. The average Bonchev–Trinajstić information content (AvgIpc) is 2.15. The van der Waals surface area contributed by atoms with Crippen LogP contribution >= 0.6 is 0 Å². The van der Waals surface area contributed by atoms with Crippen molar-refractivity contribution in [2.45, 2.75) is 19.9 Å². The Morgan fingerprint density at radius 2 is 2.42 bits per heavy atom. The van der Waals surface area contributed by atoms with Crippen LogP contribution < -0.4 is 10.5 Å². The topological polar surface area (TPSA) is 48.1 Å². The second-order valence-electron chi connectivity index (χ2n) is 2.54. The maximum atomic E-state index is 5.50. The lowest BCUT2D eigenvalue weighted by Crippen LogP contribution is -2.03. The van der Waals surface area contributed by atoms with Gasteiger partial charge in [0.25, 0.3) is 0 Å². The third-order valence-electron chi connectivity index (χ3n) is 1.54. The molecule has 0 atom stereocenters. The van der Waals surface area contributed by atoms with Gasteiger partial charge in [-0.05, 0) is 12.5 Å². The van der Waals surface area contributed by atoms with E-state index in [4.69, 9.17) is 10.5 Å². The van der Waals surface area contributed by atoms with Crippen LogP contribution in [0.2, 0.25) is 0 Å². The molecule has 0 aliphatic heterocycles. The highest BCUT2D eigenvalue weighted by Gasteiger charge is 1.99. The van der Waals surface area contributed by atoms with Crippen molar-refractivity contribution in [2.24, 2.45) is 5.73 Å². The molecule has 1 rings (SSSR count). The van der Waals surface area contributed by atoms with Gasteiger partial charge >= 0.3 is 0 Å². The smallest absolute Gasteiger partial charge is 0.126 e. The van der Waals surface area contributed by atoms with Gasteiger partial charge in [-0.15, -0.1) is 0 Å². The highest BCUT2D eigenvalue weighted by Crippen LogP contribution is 2.15. The summed E-state index contributed by atoms with van der Waals surface area (Å²) in [5.74, 6) is 0.856. The Hall–Kier alpha value is -1.09. The van der Waals surface area contributed by atoms with Crippen molar-refractivity contribution in [3.05, 3.63) is 24.0 Å². The third kappa shape index (κ3) is 2.20. The van der Waals surface area contributed by atoms with Crippen molar-refractivity contribution < 1.29 is 4.74 Å². The summed E-state index contributed by atoms with van der Waals surface area (Å²) in [6, 6.07) is 1.85. The van der Waals surface area contributed by atoms with E-state index in [1.165, 1.54) is 0 Å². The second kappa shape index (κ2) is 4.72. The first-order valence-corrected chi connectivity index (χ1v) is 4.14. The molecule has 0 amide bonds. The number of ether oxygens (including phenoxy) is 1. The molecule has 2 N–H and O–H groups in total. The Bertz CT molecular complexity index is 238. The lowest BCUT2D eigenvalue weighted by Gasteiger charge is -2.07. The summed E-state index contributed by atoms with van der Waals surface area (Å²) in [5, 5.41) is 0. The number of pyridine rings is 1. The van der Waals surface area contributed by atoms with E-state index in [1.807, 2.05) is 6.07 Å². The first-order chi connectivity index (χ1) is 5.88. The zero-order valence-corrected chi connectivity index (χ0v) is 7.29. The van der Waals surface area contributed by atoms with E-state index in [9.17, 15) is 0 Å². The molecule has 0 saturated carbocycles. The van der Waals surface area contributed by atoms with E-state index in [0.29, 0.717) is 6.54 Å². The van der Waals surface area contributed by atoms with E-state index >= 15 is 0 Å². The molecule has 0 unspecified atom stereocenters. The monoisotopic (exact) mass is 166 g/mol. The fraction of sp³-hybridized carbons (Fsp3) is 0.444. The zero-order valence-electron chi connectivity index (χ0n) is 7.29. The SMILES string of the molecule is CCCOc1ccncc1CN. The molecule has 1 heterocycles. The van der Waals surface area contributed by atoms with Gasteiger partial charge in [0.05, 0.1) is 6.61 Å². The number of hydrogen-bond acceptors (Lipinski definition) is 3. The van der Waals surface area contributed by atoms with Crippen molar-refractivity contribution in [1.82, 2.24) is 4.98 Å². The first-order valence-electron chi connectivity index (χ1n) is 4.14. The Balaban J connectivity index is 2.68. The molecule has 3 heteroatoms. The average molecular weight is 166 g/mol. The van der Waals surface area contributed by atoms with Gasteiger partial charge in [0.1, 0.15) is 5.75 Å². The summed E-state index contributed by atoms with van der Waals surface area (Å²) in [5.41, 5.74) is 6.47. The van der Waals surface area contributed by atoms with E-state index in [-0.39, 0.29) is 0 Å². The maximum absolute atomic E-state index is 5.50. The molecule has 0 radical (unpaired) electrons. The highest BCUT2D eigenvalue weighted by molar-refractivity contribution is 5.29. The van der Waals surface area contributed by atoms with Crippen molar-refractivity contribution in [3.8, 4) is 5.75 Å². The van der Waals surface area contributed by atoms with Gasteiger partial charge < -0.3 is 10.5 Å². The van der Waals surface area contributed by atoms with Gasteiger partial charge in [0.15, 0.2) is 0 Å². The Morgan fingerprint density at radius 3 is 3.08 bits per heavy atom. The largest absolute Gasteiger partial charge is 0.493 e. The molecule has 0 aliphatic carbocycles. The summed E-state index contributed by atoms with van der Waals surface area (Å²) in [7, 11) is 0. The number of aromatic nitrogens is 1. The standard InChI is InChI=1S/C9H14N2O/c1-2-5-12-9-3-4-11-7-8(9)6-10/h3-4,7H,2,5-6,10H2,1H3. The Morgan fingerprint density at radius 1 is 1.58 bits per heavy atom. The summed E-state index contributed by atoms with van der Waals surface area (Å²) in [6.07, 6.45) is 4.46. The quantitative estimate of drug-likeness (QED) is 0.734. The van der Waals surface area contributed by atoms with Crippen LogP contribution in [0.25, 0.3) is 0 Å². The summed E-state index contributed by atoms with van der Waals surface area (Å²) >= 11 is 0. The minimum absolute atomic E-state index is 0.479. The van der Waals surface area contributed by atoms with Crippen LogP contribution in [-0.2, 0) is 6.54 Å². The minimum atomic E-state index is 0.479. The normalized spacial score (nSPS) is 9.83. The van der Waals surface area contributed by atoms with E-state index < -0.39 is 0 Å². The van der Waals surface area contributed by atoms with Gasteiger partial charge in [0, 0.05) is 24.5 Å². The van der Waals surface area contributed by atoms with Gasteiger partial charge in [-0.25, -0.2) is 0 Å². The van der Waals surface area contributed by atoms with Gasteiger partial charge in [-0.1, -0.05) is 6.92 Å². The predicted octanol–water partition coefficient (Wildman–Crippen LogP) is 1.33. The summed E-state index contributed by atoms with van der Waals surface area (Å²) in [4.78, 5) is 3.96. The van der Waals surface area contributed by atoms with Crippen molar-refractivity contribution in [3.63, 3.8) is 0 Å². The Labute approximate surface area is 72.6 Å². The Kier molecular flexibility index (Phi) is 3.54. The molecular weight excluding hydrogens is 152 g/mol. The van der Waals surface area contributed by atoms with E-state index in [0.717, 1.165) is 24.3 Å². The van der Waals surface area contributed by atoms with E-state index in [2.05, 4.69) is 11.9 Å². The van der Waals surface area contributed by atoms with Gasteiger partial charge in [-0.3, -0.25) is 4.98 Å². The lowest BCUT2D eigenvalue weighted by atomic mass is 10.2. The number of hydrogen-bond donors (Lipinski definition) is 1. The summed E-state index contributed by atoms with van der Waals surface area (Å²) in [6.45, 7) is 3.28. The van der Waals surface area contributed by atoms with Crippen molar-refractivity contribution in [2.75, 3.05) is 6.61 Å². The third-order valence-corrected chi connectivity index (χ3v) is 1.54. The molecule has 12 heavy (non-hydrogen) atoms. The number of nitrogens with zero attached hydrogens (tertiary/aromatic N) is 1. The fourth-order valence-corrected chi connectivity index (χ4v) is 0.921.